The number of carbonyl (C=O) groups excluding carboxylic acids is 2. The number of carbonyl (C=O) groups is 2. The van der Waals surface area contributed by atoms with E-state index in [4.69, 9.17) is 0 Å². The predicted octanol–water partition coefficient (Wildman–Crippen LogP) is 6.84. The third-order valence-electron chi connectivity index (χ3n) is 9.07. The molecule has 0 saturated heterocycles. The fraction of sp³-hybridized carbons (Fsp3) is 0.333. The van der Waals surface area contributed by atoms with Gasteiger partial charge in [0.25, 0.3) is 10.0 Å². The summed E-state index contributed by atoms with van der Waals surface area (Å²) in [6.07, 6.45) is 6.19. The maximum atomic E-state index is 14.7. The lowest BCUT2D eigenvalue weighted by atomic mass is 9.94. The third kappa shape index (κ3) is 8.69. The number of aryl methyl sites for hydroxylation is 2. The Kier molecular flexibility index (Phi) is 11.5. The van der Waals surface area contributed by atoms with Gasteiger partial charge in [-0.1, -0.05) is 111 Å². The van der Waals surface area contributed by atoms with E-state index in [1.165, 1.54) is 16.4 Å². The van der Waals surface area contributed by atoms with Crippen LogP contribution in [0.4, 0.5) is 5.69 Å². The summed E-state index contributed by atoms with van der Waals surface area (Å²) in [4.78, 5) is 30.6. The Bertz CT molecular complexity index is 1720. The molecule has 1 aliphatic rings. The van der Waals surface area contributed by atoms with E-state index in [2.05, 4.69) is 5.32 Å². The van der Waals surface area contributed by atoms with Gasteiger partial charge in [0.15, 0.2) is 0 Å². The van der Waals surface area contributed by atoms with Crippen LogP contribution in [0.15, 0.2) is 114 Å². The number of nitrogens with one attached hydrogen (secondary N) is 1. The molecule has 0 aliphatic heterocycles. The van der Waals surface area contributed by atoms with E-state index in [1.807, 2.05) is 80.6 Å². The van der Waals surface area contributed by atoms with Crippen LogP contribution in [0.3, 0.4) is 0 Å². The maximum Gasteiger partial charge on any atom is 0.264 e. The molecule has 7 nitrogen and oxygen atoms in total. The SMILES string of the molecule is CCc1ccc(N(CC(=O)N(Cc2ccccc2C)C(Cc2ccccc2)C(=O)NC2CCCCC2)S(=O)(=O)c2ccccc2)cc1. The smallest absolute Gasteiger partial charge is 0.264 e. The zero-order chi connectivity index (χ0) is 33.2. The molecule has 1 fully saturated rings. The molecule has 4 aromatic carbocycles. The van der Waals surface area contributed by atoms with Gasteiger partial charge in [-0.05, 0) is 72.7 Å². The first-order valence-electron chi connectivity index (χ1n) is 16.6. The van der Waals surface area contributed by atoms with Crippen LogP contribution in [0.25, 0.3) is 0 Å². The average Bonchev–Trinajstić information content (AvgIpc) is 3.10. The highest BCUT2D eigenvalue weighted by Crippen LogP contribution is 2.26. The second-order valence-corrected chi connectivity index (χ2v) is 14.2. The predicted molar refractivity (Wildman–Crippen MR) is 187 cm³/mol. The summed E-state index contributed by atoms with van der Waals surface area (Å²) in [6.45, 7) is 3.71. The van der Waals surface area contributed by atoms with E-state index in [0.717, 1.165) is 60.8 Å². The van der Waals surface area contributed by atoms with E-state index in [-0.39, 0.29) is 23.4 Å². The van der Waals surface area contributed by atoms with Crippen molar-refractivity contribution in [2.24, 2.45) is 0 Å². The lowest BCUT2D eigenvalue weighted by molar-refractivity contribution is -0.140. The van der Waals surface area contributed by atoms with Crippen molar-refractivity contribution in [1.29, 1.82) is 0 Å². The summed E-state index contributed by atoms with van der Waals surface area (Å²) in [6, 6.07) is 32.1. The lowest BCUT2D eigenvalue weighted by Gasteiger charge is -2.35. The van der Waals surface area contributed by atoms with Gasteiger partial charge in [0, 0.05) is 19.0 Å². The van der Waals surface area contributed by atoms with E-state index in [1.54, 1.807) is 35.2 Å². The first-order chi connectivity index (χ1) is 22.8. The zero-order valence-corrected chi connectivity index (χ0v) is 28.2. The highest BCUT2D eigenvalue weighted by Gasteiger charge is 2.35. The lowest BCUT2D eigenvalue weighted by Crippen LogP contribution is -2.55. The van der Waals surface area contributed by atoms with Crippen LogP contribution < -0.4 is 9.62 Å². The largest absolute Gasteiger partial charge is 0.352 e. The molecule has 2 amide bonds. The number of sulfonamides is 1. The Balaban J connectivity index is 1.56. The molecule has 1 atom stereocenters. The molecule has 0 bridgehead atoms. The molecule has 1 saturated carbocycles. The van der Waals surface area contributed by atoms with E-state index in [0.29, 0.717) is 12.1 Å². The first kappa shape index (κ1) is 33.9. The maximum absolute atomic E-state index is 14.7. The van der Waals surface area contributed by atoms with E-state index >= 15 is 0 Å². The summed E-state index contributed by atoms with van der Waals surface area (Å²) >= 11 is 0. The van der Waals surface area contributed by atoms with Gasteiger partial charge in [-0.2, -0.15) is 0 Å². The molecule has 1 unspecified atom stereocenters. The molecule has 1 aliphatic carbocycles. The van der Waals surface area contributed by atoms with Crippen LogP contribution >= 0.6 is 0 Å². The molecule has 5 rings (SSSR count). The Morgan fingerprint density at radius 1 is 0.787 bits per heavy atom. The van der Waals surface area contributed by atoms with Crippen molar-refractivity contribution in [3.05, 3.63) is 131 Å². The van der Waals surface area contributed by atoms with Crippen LogP contribution in [-0.2, 0) is 39.0 Å². The van der Waals surface area contributed by atoms with Crippen molar-refractivity contribution >= 4 is 27.5 Å². The molecule has 47 heavy (non-hydrogen) atoms. The Hall–Kier alpha value is -4.43. The molecule has 0 aromatic heterocycles. The Morgan fingerprint density at radius 3 is 2.04 bits per heavy atom. The minimum absolute atomic E-state index is 0.0528. The standard InChI is InChI=1S/C39H45N3O4S/c1-3-31-23-25-35(26-24-31)42(47(45,46)36-21-11-6-12-22-36)29-38(43)41(28-33-18-14-13-15-30(33)2)37(27-32-16-7-4-8-17-32)39(44)40-34-19-9-5-10-20-34/h4,6-8,11-18,21-26,34,37H,3,5,9-10,19-20,27-29H2,1-2H3,(H,40,44). The van der Waals surface area contributed by atoms with Crippen molar-refractivity contribution in [2.75, 3.05) is 10.8 Å². The number of amides is 2. The third-order valence-corrected chi connectivity index (χ3v) is 10.9. The van der Waals surface area contributed by atoms with Gasteiger partial charge in [-0.15, -0.1) is 0 Å². The second-order valence-electron chi connectivity index (χ2n) is 12.3. The molecule has 8 heteroatoms. The molecule has 4 aromatic rings. The van der Waals surface area contributed by atoms with Crippen LogP contribution in [0, 0.1) is 6.92 Å². The molecule has 246 valence electrons. The summed E-state index contributed by atoms with van der Waals surface area (Å²) < 4.78 is 29.6. The highest BCUT2D eigenvalue weighted by molar-refractivity contribution is 7.92. The topological polar surface area (TPSA) is 86.8 Å². The minimum atomic E-state index is -4.13. The number of anilines is 1. The molecular formula is C39H45N3O4S. The molecule has 0 heterocycles. The molecule has 0 radical (unpaired) electrons. The van der Waals surface area contributed by atoms with Crippen LogP contribution in [0.5, 0.6) is 0 Å². The van der Waals surface area contributed by atoms with Crippen molar-refractivity contribution in [2.45, 2.75) is 82.3 Å². The van der Waals surface area contributed by atoms with Gasteiger partial charge < -0.3 is 10.2 Å². The van der Waals surface area contributed by atoms with Crippen LogP contribution in [-0.4, -0.2) is 43.8 Å². The number of hydrogen-bond donors (Lipinski definition) is 1. The summed E-state index contributed by atoms with van der Waals surface area (Å²) in [5, 5.41) is 3.26. The van der Waals surface area contributed by atoms with E-state index < -0.39 is 28.5 Å². The number of rotatable bonds is 13. The Morgan fingerprint density at radius 2 is 1.40 bits per heavy atom. The van der Waals surface area contributed by atoms with Gasteiger partial charge in [0.2, 0.25) is 11.8 Å². The normalized spacial score (nSPS) is 14.3. The molecule has 0 spiro atoms. The Labute approximate surface area is 279 Å². The van der Waals surface area contributed by atoms with Crippen molar-refractivity contribution < 1.29 is 18.0 Å². The van der Waals surface area contributed by atoms with Gasteiger partial charge in [-0.3, -0.25) is 13.9 Å². The summed E-state index contributed by atoms with van der Waals surface area (Å²) in [5.41, 5.74) is 4.25. The van der Waals surface area contributed by atoms with Gasteiger partial charge in [0.05, 0.1) is 10.6 Å². The summed E-state index contributed by atoms with van der Waals surface area (Å²) in [7, 11) is -4.13. The van der Waals surface area contributed by atoms with Gasteiger partial charge in [-0.25, -0.2) is 8.42 Å². The number of hydrogen-bond acceptors (Lipinski definition) is 4. The average molecular weight is 652 g/mol. The quantitative estimate of drug-likeness (QED) is 0.172. The zero-order valence-electron chi connectivity index (χ0n) is 27.3. The molecular weight excluding hydrogens is 607 g/mol. The van der Waals surface area contributed by atoms with E-state index in [9.17, 15) is 18.0 Å². The minimum Gasteiger partial charge on any atom is -0.352 e. The highest BCUT2D eigenvalue weighted by atomic mass is 32.2. The number of nitrogens with zero attached hydrogens (tertiary/aromatic N) is 2. The second kappa shape index (κ2) is 15.9. The van der Waals surface area contributed by atoms with Crippen LogP contribution in [0.1, 0.15) is 61.3 Å². The molecule has 1 N–H and O–H groups in total. The van der Waals surface area contributed by atoms with Crippen molar-refractivity contribution in [3.63, 3.8) is 0 Å². The van der Waals surface area contributed by atoms with Gasteiger partial charge >= 0.3 is 0 Å². The fourth-order valence-electron chi connectivity index (χ4n) is 6.22. The fourth-order valence-corrected chi connectivity index (χ4v) is 7.65. The number of benzene rings is 4. The first-order valence-corrected chi connectivity index (χ1v) is 18.0. The van der Waals surface area contributed by atoms with Crippen molar-refractivity contribution in [1.82, 2.24) is 10.2 Å². The van der Waals surface area contributed by atoms with Gasteiger partial charge in [0.1, 0.15) is 12.6 Å². The van der Waals surface area contributed by atoms with Crippen molar-refractivity contribution in [3.8, 4) is 0 Å². The van der Waals surface area contributed by atoms with Crippen LogP contribution in [0.2, 0.25) is 0 Å². The monoisotopic (exact) mass is 651 g/mol. The summed E-state index contributed by atoms with van der Waals surface area (Å²) in [5.74, 6) is -0.667.